The Morgan fingerprint density at radius 3 is 2.76 bits per heavy atom. The van der Waals surface area contributed by atoms with E-state index in [-0.39, 0.29) is 11.3 Å². The predicted molar refractivity (Wildman–Crippen MR) is 85.4 cm³/mol. The number of carbonyl (C=O) groups is 1. The third-order valence-corrected chi connectivity index (χ3v) is 4.65. The molecule has 1 N–H and O–H groups in total. The molecule has 1 aliphatic rings. The van der Waals surface area contributed by atoms with Crippen molar-refractivity contribution in [2.75, 3.05) is 6.54 Å². The molecule has 3 heteroatoms. The van der Waals surface area contributed by atoms with Crippen LogP contribution in [0.1, 0.15) is 48.7 Å². The molecular formula is C18H22N2O. The molecule has 1 aliphatic carbocycles. The highest BCUT2D eigenvalue weighted by atomic mass is 16.1. The number of aromatic nitrogens is 1. The summed E-state index contributed by atoms with van der Waals surface area (Å²) in [6, 6.07) is 9.86. The number of para-hydroxylation sites is 1. The largest absolute Gasteiger partial charge is 0.351 e. The van der Waals surface area contributed by atoms with E-state index in [1.54, 1.807) is 0 Å². The van der Waals surface area contributed by atoms with E-state index in [1.165, 1.54) is 25.7 Å². The maximum Gasteiger partial charge on any atom is 0.253 e. The first-order valence-corrected chi connectivity index (χ1v) is 7.72. The van der Waals surface area contributed by atoms with Crippen LogP contribution < -0.4 is 5.32 Å². The van der Waals surface area contributed by atoms with Crippen molar-refractivity contribution in [1.82, 2.24) is 10.3 Å². The number of fused-ring (bicyclic) bond motifs is 1. The predicted octanol–water partition coefficient (Wildman–Crippen LogP) is 3.85. The number of hydrogen-bond donors (Lipinski definition) is 1. The van der Waals surface area contributed by atoms with Crippen LogP contribution in [0, 0.1) is 12.3 Å². The topological polar surface area (TPSA) is 42.0 Å². The molecule has 3 rings (SSSR count). The van der Waals surface area contributed by atoms with Crippen molar-refractivity contribution in [2.45, 2.75) is 39.5 Å². The normalized spacial score (nSPS) is 17.0. The van der Waals surface area contributed by atoms with Gasteiger partial charge in [-0.3, -0.25) is 9.78 Å². The molecule has 1 saturated carbocycles. The van der Waals surface area contributed by atoms with Crippen molar-refractivity contribution in [3.63, 3.8) is 0 Å². The molecule has 110 valence electrons. The van der Waals surface area contributed by atoms with Gasteiger partial charge in [0.25, 0.3) is 5.91 Å². The quantitative estimate of drug-likeness (QED) is 0.929. The molecule has 0 saturated heterocycles. The van der Waals surface area contributed by atoms with E-state index in [9.17, 15) is 4.79 Å². The fourth-order valence-electron chi connectivity index (χ4n) is 3.24. The van der Waals surface area contributed by atoms with Gasteiger partial charge in [0.1, 0.15) is 0 Å². The molecular weight excluding hydrogens is 260 g/mol. The monoisotopic (exact) mass is 282 g/mol. The Morgan fingerprint density at radius 1 is 1.29 bits per heavy atom. The average molecular weight is 282 g/mol. The Balaban J connectivity index is 1.79. The zero-order valence-corrected chi connectivity index (χ0v) is 12.8. The molecule has 1 amide bonds. The molecule has 1 heterocycles. The summed E-state index contributed by atoms with van der Waals surface area (Å²) in [5, 5.41) is 4.12. The number of aryl methyl sites for hydroxylation is 1. The molecule has 1 aromatic heterocycles. The molecule has 1 aromatic carbocycles. The Hall–Kier alpha value is -1.90. The highest BCUT2D eigenvalue weighted by Gasteiger charge is 2.29. The molecule has 21 heavy (non-hydrogen) atoms. The number of carbonyl (C=O) groups excluding carboxylic acids is 1. The van der Waals surface area contributed by atoms with Crippen molar-refractivity contribution < 1.29 is 4.79 Å². The average Bonchev–Trinajstić information content (AvgIpc) is 2.91. The van der Waals surface area contributed by atoms with E-state index in [0.717, 1.165) is 23.1 Å². The standard InChI is InChI=1S/C18H22N2O/c1-13-15(11-14-7-3-4-8-16(14)20-13)17(21)19-12-18(2)9-5-6-10-18/h3-4,7-8,11H,5-6,9-10,12H2,1-2H3,(H,19,21). The minimum atomic E-state index is -0.00104. The van der Waals surface area contributed by atoms with Gasteiger partial charge in [-0.1, -0.05) is 38.0 Å². The lowest BCUT2D eigenvalue weighted by Crippen LogP contribution is -2.34. The van der Waals surface area contributed by atoms with Gasteiger partial charge in [0.05, 0.1) is 16.8 Å². The SMILES string of the molecule is Cc1nc2ccccc2cc1C(=O)NCC1(C)CCCC1. The van der Waals surface area contributed by atoms with Crippen LogP contribution in [0.3, 0.4) is 0 Å². The minimum Gasteiger partial charge on any atom is -0.351 e. The van der Waals surface area contributed by atoms with Gasteiger partial charge in [-0.05, 0) is 37.3 Å². The summed E-state index contributed by atoms with van der Waals surface area (Å²) in [6.07, 6.45) is 4.98. The molecule has 1 fully saturated rings. The van der Waals surface area contributed by atoms with Gasteiger partial charge in [0.2, 0.25) is 0 Å². The van der Waals surface area contributed by atoms with Crippen LogP contribution in [0.2, 0.25) is 0 Å². The van der Waals surface area contributed by atoms with E-state index in [4.69, 9.17) is 0 Å². The van der Waals surface area contributed by atoms with Crippen molar-refractivity contribution >= 4 is 16.8 Å². The maximum atomic E-state index is 12.5. The highest BCUT2D eigenvalue weighted by molar-refractivity contribution is 5.98. The van der Waals surface area contributed by atoms with Crippen molar-refractivity contribution in [2.24, 2.45) is 5.41 Å². The number of benzene rings is 1. The molecule has 0 bridgehead atoms. The first kappa shape index (κ1) is 14.1. The van der Waals surface area contributed by atoms with Gasteiger partial charge in [-0.15, -0.1) is 0 Å². The Labute approximate surface area is 125 Å². The molecule has 3 nitrogen and oxygen atoms in total. The van der Waals surface area contributed by atoms with Crippen molar-refractivity contribution in [1.29, 1.82) is 0 Å². The Morgan fingerprint density at radius 2 is 2.00 bits per heavy atom. The second-order valence-corrected chi connectivity index (χ2v) is 6.51. The summed E-state index contributed by atoms with van der Waals surface area (Å²) in [4.78, 5) is 17.0. The van der Waals surface area contributed by atoms with E-state index >= 15 is 0 Å². The van der Waals surface area contributed by atoms with Crippen LogP contribution in [0.5, 0.6) is 0 Å². The third-order valence-electron chi connectivity index (χ3n) is 4.65. The van der Waals surface area contributed by atoms with Crippen LogP contribution in [-0.2, 0) is 0 Å². The zero-order valence-electron chi connectivity index (χ0n) is 12.8. The summed E-state index contributed by atoms with van der Waals surface area (Å²) >= 11 is 0. The molecule has 0 aliphatic heterocycles. The Kier molecular flexibility index (Phi) is 3.66. The minimum absolute atomic E-state index is 0.00104. The van der Waals surface area contributed by atoms with Gasteiger partial charge in [0.15, 0.2) is 0 Å². The molecule has 0 spiro atoms. The van der Waals surface area contributed by atoms with E-state index in [2.05, 4.69) is 17.2 Å². The van der Waals surface area contributed by atoms with Crippen molar-refractivity contribution in [3.05, 3.63) is 41.6 Å². The van der Waals surface area contributed by atoms with Crippen molar-refractivity contribution in [3.8, 4) is 0 Å². The summed E-state index contributed by atoms with van der Waals surface area (Å²) < 4.78 is 0. The first-order valence-electron chi connectivity index (χ1n) is 7.72. The second kappa shape index (κ2) is 5.47. The summed E-state index contributed by atoms with van der Waals surface area (Å²) in [5.74, 6) is -0.00104. The number of rotatable bonds is 3. The van der Waals surface area contributed by atoms with E-state index in [1.807, 2.05) is 37.3 Å². The molecule has 0 unspecified atom stereocenters. The maximum absolute atomic E-state index is 12.5. The molecule has 2 aromatic rings. The van der Waals surface area contributed by atoms with Gasteiger partial charge in [-0.2, -0.15) is 0 Å². The molecule has 0 radical (unpaired) electrons. The smallest absolute Gasteiger partial charge is 0.253 e. The van der Waals surface area contributed by atoms with Gasteiger partial charge < -0.3 is 5.32 Å². The van der Waals surface area contributed by atoms with Gasteiger partial charge in [-0.25, -0.2) is 0 Å². The second-order valence-electron chi connectivity index (χ2n) is 6.51. The molecule has 0 atom stereocenters. The number of pyridine rings is 1. The number of nitrogens with zero attached hydrogens (tertiary/aromatic N) is 1. The highest BCUT2D eigenvalue weighted by Crippen LogP contribution is 2.36. The fourth-order valence-corrected chi connectivity index (χ4v) is 3.24. The summed E-state index contributed by atoms with van der Waals surface area (Å²) in [5.41, 5.74) is 2.70. The van der Waals surface area contributed by atoms with Crippen LogP contribution in [0.25, 0.3) is 10.9 Å². The third kappa shape index (κ3) is 2.92. The lowest BCUT2D eigenvalue weighted by Gasteiger charge is -2.23. The van der Waals surface area contributed by atoms with Gasteiger partial charge in [0, 0.05) is 11.9 Å². The van der Waals surface area contributed by atoms with Crippen LogP contribution in [-0.4, -0.2) is 17.4 Å². The fraction of sp³-hybridized carbons (Fsp3) is 0.444. The van der Waals surface area contributed by atoms with Gasteiger partial charge >= 0.3 is 0 Å². The lowest BCUT2D eigenvalue weighted by atomic mass is 9.89. The zero-order chi connectivity index (χ0) is 14.9. The van der Waals surface area contributed by atoms with Crippen LogP contribution in [0.15, 0.2) is 30.3 Å². The van der Waals surface area contributed by atoms with Crippen LogP contribution in [0.4, 0.5) is 0 Å². The summed E-state index contributed by atoms with van der Waals surface area (Å²) in [6.45, 7) is 4.93. The summed E-state index contributed by atoms with van der Waals surface area (Å²) in [7, 11) is 0. The van der Waals surface area contributed by atoms with E-state index in [0.29, 0.717) is 5.56 Å². The number of hydrogen-bond acceptors (Lipinski definition) is 2. The Bertz CT molecular complexity index is 672. The number of nitrogens with one attached hydrogen (secondary N) is 1. The number of amides is 1. The lowest BCUT2D eigenvalue weighted by molar-refractivity contribution is 0.0933. The first-order chi connectivity index (χ1) is 10.1. The van der Waals surface area contributed by atoms with Crippen LogP contribution >= 0.6 is 0 Å². The van der Waals surface area contributed by atoms with E-state index < -0.39 is 0 Å².